The molecule has 0 spiro atoms. The molecule has 106 valence electrons. The third-order valence-corrected chi connectivity index (χ3v) is 4.31. The van der Waals surface area contributed by atoms with Crippen molar-refractivity contribution in [2.75, 3.05) is 0 Å². The lowest BCUT2D eigenvalue weighted by Gasteiger charge is -2.36. The summed E-state index contributed by atoms with van der Waals surface area (Å²) in [5, 5.41) is 0. The van der Waals surface area contributed by atoms with Crippen LogP contribution in [-0.4, -0.2) is 5.92 Å². The zero-order valence-corrected chi connectivity index (χ0v) is 11.1. The first-order valence-electron chi connectivity index (χ1n) is 6.69. The van der Waals surface area contributed by atoms with E-state index in [1.165, 1.54) is 13.0 Å². The molecule has 0 unspecified atom stereocenters. The monoisotopic (exact) mass is 274 g/mol. The molecule has 1 aliphatic carbocycles. The Bertz CT molecular complexity index is 467. The lowest BCUT2D eigenvalue weighted by Crippen LogP contribution is -2.34. The molecule has 0 N–H and O–H groups in total. The Kier molecular flexibility index (Phi) is 3.88. The summed E-state index contributed by atoms with van der Waals surface area (Å²) in [6, 6.07) is 2.62. The van der Waals surface area contributed by atoms with Gasteiger partial charge in [0.1, 0.15) is 0 Å². The molecule has 0 aromatic heterocycles. The molecule has 19 heavy (non-hydrogen) atoms. The maximum absolute atomic E-state index is 13.7. The smallest absolute Gasteiger partial charge is 0.207 e. The van der Waals surface area contributed by atoms with Gasteiger partial charge in [0.2, 0.25) is 0 Å². The van der Waals surface area contributed by atoms with E-state index >= 15 is 0 Å². The zero-order valence-electron chi connectivity index (χ0n) is 11.1. The van der Waals surface area contributed by atoms with Gasteiger partial charge in [0.25, 0.3) is 5.92 Å². The van der Waals surface area contributed by atoms with Crippen LogP contribution < -0.4 is 0 Å². The molecule has 4 heteroatoms. The summed E-state index contributed by atoms with van der Waals surface area (Å²) in [6.45, 7) is 3.26. The van der Waals surface area contributed by atoms with Gasteiger partial charge in [-0.1, -0.05) is 13.0 Å². The minimum absolute atomic E-state index is 0.0975. The first-order chi connectivity index (χ1) is 8.86. The van der Waals surface area contributed by atoms with Crippen LogP contribution in [0.4, 0.5) is 17.6 Å². The van der Waals surface area contributed by atoms with E-state index in [2.05, 4.69) is 0 Å². The highest BCUT2D eigenvalue weighted by Gasteiger charge is 2.43. The SMILES string of the molecule is CC[C@@H]1C[C@H](c2ccc(F)c(F)c2C)CCC1(F)F. The fourth-order valence-corrected chi connectivity index (χ4v) is 3.06. The number of halogens is 4. The predicted octanol–water partition coefficient (Wildman–Crippen LogP) is 5.20. The van der Waals surface area contributed by atoms with Gasteiger partial charge < -0.3 is 0 Å². The molecular weight excluding hydrogens is 256 g/mol. The van der Waals surface area contributed by atoms with Crippen molar-refractivity contribution >= 4 is 0 Å². The second kappa shape index (κ2) is 5.14. The zero-order chi connectivity index (χ0) is 14.2. The van der Waals surface area contributed by atoms with Gasteiger partial charge in [-0.3, -0.25) is 0 Å². The van der Waals surface area contributed by atoms with Crippen LogP contribution in [0.15, 0.2) is 12.1 Å². The molecule has 0 radical (unpaired) electrons. The fraction of sp³-hybridized carbons (Fsp3) is 0.600. The van der Waals surface area contributed by atoms with Crippen molar-refractivity contribution in [3.63, 3.8) is 0 Å². The second-order valence-electron chi connectivity index (χ2n) is 5.41. The Morgan fingerprint density at radius 3 is 2.58 bits per heavy atom. The second-order valence-corrected chi connectivity index (χ2v) is 5.41. The van der Waals surface area contributed by atoms with E-state index in [4.69, 9.17) is 0 Å². The minimum atomic E-state index is -2.63. The number of alkyl halides is 2. The van der Waals surface area contributed by atoms with Crippen LogP contribution in [0.1, 0.15) is 49.7 Å². The van der Waals surface area contributed by atoms with Gasteiger partial charge in [-0.05, 0) is 49.3 Å². The first kappa shape index (κ1) is 14.4. The molecule has 1 aromatic rings. The molecule has 0 bridgehead atoms. The first-order valence-corrected chi connectivity index (χ1v) is 6.69. The van der Waals surface area contributed by atoms with E-state index < -0.39 is 23.5 Å². The topological polar surface area (TPSA) is 0 Å². The van der Waals surface area contributed by atoms with Crippen LogP contribution in [0.25, 0.3) is 0 Å². The lowest BCUT2D eigenvalue weighted by atomic mass is 9.74. The van der Waals surface area contributed by atoms with Crippen molar-refractivity contribution in [1.82, 2.24) is 0 Å². The number of rotatable bonds is 2. The molecule has 0 saturated heterocycles. The Morgan fingerprint density at radius 1 is 1.26 bits per heavy atom. The van der Waals surface area contributed by atoms with E-state index in [1.807, 2.05) is 0 Å². The highest BCUT2D eigenvalue weighted by atomic mass is 19.3. The van der Waals surface area contributed by atoms with Gasteiger partial charge in [0.15, 0.2) is 11.6 Å². The standard InChI is InChI=1S/C15H18F4/c1-3-11-8-10(6-7-15(11,18)19)12-4-5-13(16)14(17)9(12)2/h4-5,10-11H,3,6-8H2,1-2H3/t10-,11-/m1/s1. The van der Waals surface area contributed by atoms with Crippen molar-refractivity contribution < 1.29 is 17.6 Å². The highest BCUT2D eigenvalue weighted by molar-refractivity contribution is 5.32. The van der Waals surface area contributed by atoms with E-state index in [1.54, 1.807) is 6.92 Å². The van der Waals surface area contributed by atoms with Gasteiger partial charge in [-0.15, -0.1) is 0 Å². The summed E-state index contributed by atoms with van der Waals surface area (Å²) < 4.78 is 54.0. The molecule has 0 amide bonds. The Labute approximate surface area is 110 Å². The highest BCUT2D eigenvalue weighted by Crippen LogP contribution is 2.47. The van der Waals surface area contributed by atoms with Gasteiger partial charge in [-0.2, -0.15) is 0 Å². The summed E-state index contributed by atoms with van der Waals surface area (Å²) in [7, 11) is 0. The lowest BCUT2D eigenvalue weighted by molar-refractivity contribution is -0.0911. The molecule has 1 fully saturated rings. The molecule has 0 aliphatic heterocycles. The molecule has 1 aromatic carbocycles. The van der Waals surface area contributed by atoms with Crippen molar-refractivity contribution in [3.05, 3.63) is 34.9 Å². The van der Waals surface area contributed by atoms with Crippen molar-refractivity contribution in [2.24, 2.45) is 5.92 Å². The van der Waals surface area contributed by atoms with Crippen LogP contribution in [0.3, 0.4) is 0 Å². The van der Waals surface area contributed by atoms with E-state index in [0.29, 0.717) is 24.8 Å². The van der Waals surface area contributed by atoms with Gasteiger partial charge in [-0.25, -0.2) is 17.6 Å². The van der Waals surface area contributed by atoms with Crippen LogP contribution in [-0.2, 0) is 0 Å². The molecular formula is C15H18F4. The fourth-order valence-electron chi connectivity index (χ4n) is 3.06. The molecule has 1 aliphatic rings. The van der Waals surface area contributed by atoms with Crippen LogP contribution >= 0.6 is 0 Å². The molecule has 0 nitrogen and oxygen atoms in total. The summed E-state index contributed by atoms with van der Waals surface area (Å²) >= 11 is 0. The number of hydrogen-bond donors (Lipinski definition) is 0. The molecule has 2 atom stereocenters. The van der Waals surface area contributed by atoms with Gasteiger partial charge in [0, 0.05) is 12.3 Å². The Hall–Kier alpha value is -1.06. The number of hydrogen-bond acceptors (Lipinski definition) is 0. The quantitative estimate of drug-likeness (QED) is 0.650. The normalized spacial score (nSPS) is 26.4. The van der Waals surface area contributed by atoms with E-state index in [-0.39, 0.29) is 17.9 Å². The average molecular weight is 274 g/mol. The average Bonchev–Trinajstić information content (AvgIpc) is 2.37. The van der Waals surface area contributed by atoms with Crippen LogP contribution in [0.2, 0.25) is 0 Å². The van der Waals surface area contributed by atoms with Crippen molar-refractivity contribution in [3.8, 4) is 0 Å². The minimum Gasteiger partial charge on any atom is -0.207 e. The third-order valence-electron chi connectivity index (χ3n) is 4.31. The van der Waals surface area contributed by atoms with Crippen LogP contribution in [0.5, 0.6) is 0 Å². The molecule has 2 rings (SSSR count). The third kappa shape index (κ3) is 2.63. The summed E-state index contributed by atoms with van der Waals surface area (Å²) in [5.74, 6) is -5.13. The largest absolute Gasteiger partial charge is 0.250 e. The Balaban J connectivity index is 2.27. The Morgan fingerprint density at radius 2 is 1.95 bits per heavy atom. The maximum Gasteiger partial charge on any atom is 0.250 e. The summed E-state index contributed by atoms with van der Waals surface area (Å²) in [5.41, 5.74) is 0.929. The molecule has 0 heterocycles. The predicted molar refractivity (Wildman–Crippen MR) is 66.4 cm³/mol. The summed E-state index contributed by atoms with van der Waals surface area (Å²) in [6.07, 6.45) is 0.908. The van der Waals surface area contributed by atoms with Crippen LogP contribution in [0, 0.1) is 24.5 Å². The van der Waals surface area contributed by atoms with Crippen molar-refractivity contribution in [1.29, 1.82) is 0 Å². The van der Waals surface area contributed by atoms with E-state index in [9.17, 15) is 17.6 Å². The van der Waals surface area contributed by atoms with E-state index in [0.717, 1.165) is 6.07 Å². The maximum atomic E-state index is 13.7. The number of benzene rings is 1. The summed E-state index contributed by atoms with van der Waals surface area (Å²) in [4.78, 5) is 0. The van der Waals surface area contributed by atoms with Gasteiger partial charge >= 0.3 is 0 Å². The van der Waals surface area contributed by atoms with Crippen molar-refractivity contribution in [2.45, 2.75) is 51.4 Å². The van der Waals surface area contributed by atoms with Gasteiger partial charge in [0.05, 0.1) is 0 Å². The molecule has 1 saturated carbocycles.